The molecule has 0 aliphatic carbocycles. The number of aryl methyl sites for hydroxylation is 2. The first-order valence-corrected chi connectivity index (χ1v) is 7.47. The van der Waals surface area contributed by atoms with Gasteiger partial charge in [0, 0.05) is 5.69 Å². The van der Waals surface area contributed by atoms with Gasteiger partial charge in [0.25, 0.3) is 5.56 Å². The van der Waals surface area contributed by atoms with E-state index in [1.54, 1.807) is 11.1 Å². The number of hydrogen-bond donors (Lipinski definition) is 0. The topological polar surface area (TPSA) is 44.1 Å². The van der Waals surface area contributed by atoms with Crippen molar-refractivity contribution in [2.24, 2.45) is 0 Å². The number of hydrogen-bond acceptors (Lipinski definition) is 4. The highest BCUT2D eigenvalue weighted by molar-refractivity contribution is 7.13. The molecule has 1 aromatic carbocycles. The largest absolute Gasteiger partial charge is 0.497 e. The molecule has 108 valence electrons. The van der Waals surface area contributed by atoms with Crippen LogP contribution in [-0.2, 0) is 6.54 Å². The summed E-state index contributed by atoms with van der Waals surface area (Å²) in [5.41, 5.74) is 3.04. The first-order valence-electron chi connectivity index (χ1n) is 6.69. The smallest absolute Gasteiger partial charge is 0.270 e. The van der Waals surface area contributed by atoms with E-state index < -0.39 is 0 Å². The van der Waals surface area contributed by atoms with Crippen molar-refractivity contribution < 1.29 is 4.74 Å². The maximum atomic E-state index is 12.5. The molecule has 0 aliphatic heterocycles. The second kappa shape index (κ2) is 5.33. The number of fused-ring (bicyclic) bond motifs is 1. The van der Waals surface area contributed by atoms with Gasteiger partial charge in [-0.25, -0.2) is 4.98 Å². The van der Waals surface area contributed by atoms with E-state index in [0.717, 1.165) is 32.8 Å². The summed E-state index contributed by atoms with van der Waals surface area (Å²) in [7, 11) is 1.64. The number of pyridine rings is 1. The lowest BCUT2D eigenvalue weighted by molar-refractivity contribution is 0.414. The van der Waals surface area contributed by atoms with Gasteiger partial charge in [0.2, 0.25) is 0 Å². The van der Waals surface area contributed by atoms with Gasteiger partial charge in [-0.15, -0.1) is 0 Å². The molecule has 0 amide bonds. The molecular formula is C16H16N2O2S. The van der Waals surface area contributed by atoms with Crippen LogP contribution in [0, 0.1) is 13.8 Å². The number of nitrogens with zero attached hydrogens (tertiary/aromatic N) is 2. The van der Waals surface area contributed by atoms with Crippen molar-refractivity contribution in [1.29, 1.82) is 0 Å². The molecule has 0 bridgehead atoms. The lowest BCUT2D eigenvalue weighted by Gasteiger charge is -2.03. The molecule has 2 aromatic heterocycles. The summed E-state index contributed by atoms with van der Waals surface area (Å²) in [4.78, 5) is 17.8. The predicted molar refractivity (Wildman–Crippen MR) is 85.5 cm³/mol. The number of benzene rings is 1. The average molecular weight is 300 g/mol. The fourth-order valence-electron chi connectivity index (χ4n) is 2.40. The molecular weight excluding hydrogens is 284 g/mol. The Kier molecular flexibility index (Phi) is 3.51. The molecule has 0 aliphatic rings. The van der Waals surface area contributed by atoms with Crippen LogP contribution >= 0.6 is 11.5 Å². The monoisotopic (exact) mass is 300 g/mol. The Hall–Kier alpha value is -2.14. The molecule has 0 saturated heterocycles. The fraction of sp³-hybridized carbons (Fsp3) is 0.250. The van der Waals surface area contributed by atoms with Crippen LogP contribution in [0.25, 0.3) is 10.2 Å². The Labute approximate surface area is 126 Å². The predicted octanol–water partition coefficient (Wildman–Crippen LogP) is 3.13. The average Bonchev–Trinajstić information content (AvgIpc) is 2.76. The molecule has 5 heteroatoms. The molecule has 0 unspecified atom stereocenters. The maximum absolute atomic E-state index is 12.5. The first kappa shape index (κ1) is 13.8. The third-order valence-electron chi connectivity index (χ3n) is 3.43. The van der Waals surface area contributed by atoms with Gasteiger partial charge in [-0.2, -0.15) is 0 Å². The zero-order valence-corrected chi connectivity index (χ0v) is 13.0. The molecule has 0 saturated carbocycles. The van der Waals surface area contributed by atoms with Crippen molar-refractivity contribution >= 4 is 21.7 Å². The van der Waals surface area contributed by atoms with Crippen molar-refractivity contribution in [2.75, 3.05) is 7.11 Å². The fourth-order valence-corrected chi connectivity index (χ4v) is 3.52. The lowest BCUT2D eigenvalue weighted by atomic mass is 10.2. The molecule has 3 rings (SSSR count). The minimum atomic E-state index is 0.0378. The van der Waals surface area contributed by atoms with Crippen LogP contribution in [0.1, 0.15) is 16.8 Å². The van der Waals surface area contributed by atoms with Gasteiger partial charge in [0.1, 0.15) is 10.6 Å². The van der Waals surface area contributed by atoms with Gasteiger partial charge >= 0.3 is 0 Å². The highest BCUT2D eigenvalue weighted by Crippen LogP contribution is 2.20. The van der Waals surface area contributed by atoms with Gasteiger partial charge in [-0.3, -0.25) is 8.75 Å². The summed E-state index contributed by atoms with van der Waals surface area (Å²) in [6, 6.07) is 9.71. The van der Waals surface area contributed by atoms with Crippen LogP contribution in [-0.4, -0.2) is 16.1 Å². The van der Waals surface area contributed by atoms with E-state index in [1.165, 1.54) is 11.5 Å². The second-order valence-electron chi connectivity index (χ2n) is 5.04. The van der Waals surface area contributed by atoms with E-state index in [4.69, 9.17) is 4.74 Å². The van der Waals surface area contributed by atoms with Gasteiger partial charge in [-0.1, -0.05) is 12.1 Å². The van der Waals surface area contributed by atoms with Crippen LogP contribution in [0.3, 0.4) is 0 Å². The van der Waals surface area contributed by atoms with Crippen LogP contribution in [0.4, 0.5) is 0 Å². The molecule has 0 fully saturated rings. The summed E-state index contributed by atoms with van der Waals surface area (Å²) in [5.74, 6) is 0.815. The molecule has 4 nitrogen and oxygen atoms in total. The van der Waals surface area contributed by atoms with Gasteiger partial charge in [0.15, 0.2) is 0 Å². The van der Waals surface area contributed by atoms with Crippen molar-refractivity contribution in [3.05, 3.63) is 57.5 Å². The van der Waals surface area contributed by atoms with Crippen molar-refractivity contribution in [3.8, 4) is 5.75 Å². The van der Waals surface area contributed by atoms with Gasteiger partial charge < -0.3 is 4.74 Å². The first-order chi connectivity index (χ1) is 10.1. The number of aromatic nitrogens is 2. The number of ether oxygens (including phenoxy) is 1. The summed E-state index contributed by atoms with van der Waals surface area (Å²) >= 11 is 1.42. The van der Waals surface area contributed by atoms with E-state index >= 15 is 0 Å². The van der Waals surface area contributed by atoms with E-state index in [2.05, 4.69) is 4.98 Å². The third-order valence-corrected chi connectivity index (χ3v) is 4.42. The van der Waals surface area contributed by atoms with Crippen LogP contribution in [0.5, 0.6) is 5.75 Å². The molecule has 0 spiro atoms. The number of methoxy groups -OCH3 is 1. The Bertz CT molecular complexity index is 847. The Morgan fingerprint density at radius 2 is 1.95 bits per heavy atom. The third kappa shape index (κ3) is 2.56. The molecule has 0 radical (unpaired) electrons. The second-order valence-corrected chi connectivity index (χ2v) is 6.05. The summed E-state index contributed by atoms with van der Waals surface area (Å²) < 4.78 is 6.90. The zero-order chi connectivity index (χ0) is 15.0. The molecule has 0 N–H and O–H groups in total. The van der Waals surface area contributed by atoms with Crippen molar-refractivity contribution in [1.82, 2.24) is 8.94 Å². The minimum Gasteiger partial charge on any atom is -0.497 e. The van der Waals surface area contributed by atoms with Gasteiger partial charge in [0.05, 0.1) is 19.0 Å². The molecule has 3 aromatic rings. The molecule has 2 heterocycles. The van der Waals surface area contributed by atoms with Crippen LogP contribution < -0.4 is 10.3 Å². The zero-order valence-electron chi connectivity index (χ0n) is 12.2. The summed E-state index contributed by atoms with van der Waals surface area (Å²) in [5, 5.41) is 0.735. The van der Waals surface area contributed by atoms with Crippen molar-refractivity contribution in [2.45, 2.75) is 20.4 Å². The molecule has 21 heavy (non-hydrogen) atoms. The highest BCUT2D eigenvalue weighted by atomic mass is 32.1. The number of rotatable bonds is 3. The van der Waals surface area contributed by atoms with Crippen molar-refractivity contribution in [3.63, 3.8) is 0 Å². The van der Waals surface area contributed by atoms with E-state index in [-0.39, 0.29) is 5.56 Å². The van der Waals surface area contributed by atoms with E-state index in [9.17, 15) is 4.79 Å². The SMILES string of the molecule is COc1ccc(Cn2sc3nc(C)cc(C)c3c2=O)cc1. The van der Waals surface area contributed by atoms with Crippen LogP contribution in [0.2, 0.25) is 0 Å². The van der Waals surface area contributed by atoms with Crippen LogP contribution in [0.15, 0.2) is 35.1 Å². The van der Waals surface area contributed by atoms with Gasteiger partial charge in [-0.05, 0) is 54.7 Å². The Morgan fingerprint density at radius 3 is 2.62 bits per heavy atom. The Balaban J connectivity index is 2.02. The lowest BCUT2D eigenvalue weighted by Crippen LogP contribution is -2.14. The Morgan fingerprint density at radius 1 is 1.24 bits per heavy atom. The minimum absolute atomic E-state index is 0.0378. The van der Waals surface area contributed by atoms with E-state index in [0.29, 0.717) is 6.54 Å². The van der Waals surface area contributed by atoms with E-state index in [1.807, 2.05) is 44.2 Å². The quantitative estimate of drug-likeness (QED) is 0.746. The maximum Gasteiger partial charge on any atom is 0.270 e. The standard InChI is InChI=1S/C16H16N2O2S/c1-10-8-11(2)17-15-14(10)16(19)18(21-15)9-12-4-6-13(20-3)7-5-12/h4-8H,9H2,1-3H3. The summed E-state index contributed by atoms with van der Waals surface area (Å²) in [6.45, 7) is 4.47. The normalized spacial score (nSPS) is 11.0. The molecule has 0 atom stereocenters. The highest BCUT2D eigenvalue weighted by Gasteiger charge is 2.12. The summed E-state index contributed by atoms with van der Waals surface area (Å²) in [6.07, 6.45) is 0.